The zero-order valence-corrected chi connectivity index (χ0v) is 6.81. The Bertz CT molecular complexity index is 152. The largest absolute Gasteiger partial charge is 0.368 e. The first-order chi connectivity index (χ1) is 5.21. The van der Waals surface area contributed by atoms with Crippen molar-refractivity contribution in [1.82, 2.24) is 10.6 Å². The highest BCUT2D eigenvalue weighted by molar-refractivity contribution is 5.84. The van der Waals surface area contributed by atoms with E-state index in [1.54, 1.807) is 7.05 Å². The predicted molar refractivity (Wildman–Crippen MR) is 43.1 cm³/mol. The van der Waals surface area contributed by atoms with Crippen molar-refractivity contribution in [2.24, 2.45) is 5.73 Å². The number of rotatable bonds is 2. The van der Waals surface area contributed by atoms with E-state index in [4.69, 9.17) is 5.73 Å². The van der Waals surface area contributed by atoms with Crippen LogP contribution in [0.15, 0.2) is 0 Å². The Labute approximate surface area is 66.5 Å². The molecule has 1 saturated heterocycles. The van der Waals surface area contributed by atoms with Crippen LogP contribution in [0.1, 0.15) is 12.8 Å². The van der Waals surface area contributed by atoms with E-state index in [1.807, 2.05) is 0 Å². The van der Waals surface area contributed by atoms with Gasteiger partial charge in [-0.3, -0.25) is 4.79 Å². The molecule has 1 fully saturated rings. The van der Waals surface area contributed by atoms with Gasteiger partial charge in [0.2, 0.25) is 5.91 Å². The fourth-order valence-electron chi connectivity index (χ4n) is 1.47. The maximum Gasteiger partial charge on any atom is 0.237 e. The minimum absolute atomic E-state index is 0.235. The third-order valence-corrected chi connectivity index (χ3v) is 2.41. The molecule has 0 spiro atoms. The van der Waals surface area contributed by atoms with E-state index < -0.39 is 5.54 Å². The lowest BCUT2D eigenvalue weighted by molar-refractivity contribution is -0.125. The summed E-state index contributed by atoms with van der Waals surface area (Å²) in [7, 11) is 1.79. The van der Waals surface area contributed by atoms with Gasteiger partial charge in [0.25, 0.3) is 0 Å². The number of carbonyl (C=O) groups excluding carboxylic acids is 1. The van der Waals surface area contributed by atoms with Gasteiger partial charge in [0.15, 0.2) is 0 Å². The number of likely N-dealkylation sites (N-methyl/N-ethyl adjacent to an activating group) is 1. The van der Waals surface area contributed by atoms with Gasteiger partial charge in [-0.05, 0) is 33.0 Å². The topological polar surface area (TPSA) is 67.1 Å². The van der Waals surface area contributed by atoms with Crippen LogP contribution < -0.4 is 16.4 Å². The normalized spacial score (nSPS) is 23.0. The number of amides is 1. The maximum atomic E-state index is 11.0. The lowest BCUT2D eigenvalue weighted by Gasteiger charge is -2.34. The van der Waals surface area contributed by atoms with Gasteiger partial charge >= 0.3 is 0 Å². The van der Waals surface area contributed by atoms with Gasteiger partial charge < -0.3 is 16.4 Å². The van der Waals surface area contributed by atoms with Crippen LogP contribution in [0.4, 0.5) is 0 Å². The first-order valence-corrected chi connectivity index (χ1v) is 3.91. The van der Waals surface area contributed by atoms with Crippen LogP contribution in [-0.4, -0.2) is 31.6 Å². The fourth-order valence-corrected chi connectivity index (χ4v) is 1.47. The van der Waals surface area contributed by atoms with Crippen LogP contribution >= 0.6 is 0 Å². The second-order valence-electron chi connectivity index (χ2n) is 2.95. The van der Waals surface area contributed by atoms with Crippen LogP contribution in [0, 0.1) is 0 Å². The second-order valence-corrected chi connectivity index (χ2v) is 2.95. The Morgan fingerprint density at radius 1 is 1.55 bits per heavy atom. The predicted octanol–water partition coefficient (Wildman–Crippen LogP) is -1.19. The quantitative estimate of drug-likeness (QED) is 0.472. The van der Waals surface area contributed by atoms with Gasteiger partial charge in [-0.25, -0.2) is 0 Å². The van der Waals surface area contributed by atoms with Crippen molar-refractivity contribution < 1.29 is 4.79 Å². The summed E-state index contributed by atoms with van der Waals surface area (Å²) in [6, 6.07) is 0. The van der Waals surface area contributed by atoms with E-state index >= 15 is 0 Å². The minimum Gasteiger partial charge on any atom is -0.368 e. The van der Waals surface area contributed by atoms with Gasteiger partial charge in [0.05, 0.1) is 5.54 Å². The number of nitrogens with two attached hydrogens (primary N) is 1. The maximum absolute atomic E-state index is 11.0. The Kier molecular flexibility index (Phi) is 2.46. The number of primary amides is 1. The van der Waals surface area contributed by atoms with E-state index in [2.05, 4.69) is 10.6 Å². The van der Waals surface area contributed by atoms with Gasteiger partial charge in [-0.15, -0.1) is 0 Å². The Morgan fingerprint density at radius 2 is 2.09 bits per heavy atom. The molecule has 0 aliphatic carbocycles. The smallest absolute Gasteiger partial charge is 0.237 e. The van der Waals surface area contributed by atoms with E-state index in [9.17, 15) is 4.79 Å². The Hall–Kier alpha value is -0.610. The molecule has 0 aromatic rings. The molecule has 11 heavy (non-hydrogen) atoms. The lowest BCUT2D eigenvalue weighted by Crippen LogP contribution is -2.59. The number of piperidine rings is 1. The fraction of sp³-hybridized carbons (Fsp3) is 0.857. The molecule has 1 heterocycles. The lowest BCUT2D eigenvalue weighted by atomic mass is 9.88. The van der Waals surface area contributed by atoms with E-state index in [0.717, 1.165) is 25.9 Å². The highest BCUT2D eigenvalue weighted by Crippen LogP contribution is 2.16. The van der Waals surface area contributed by atoms with Crippen molar-refractivity contribution in [2.45, 2.75) is 18.4 Å². The number of hydrogen-bond acceptors (Lipinski definition) is 3. The summed E-state index contributed by atoms with van der Waals surface area (Å²) in [6.45, 7) is 1.73. The van der Waals surface area contributed by atoms with Crippen LogP contribution in [0.5, 0.6) is 0 Å². The Balaban J connectivity index is 2.64. The van der Waals surface area contributed by atoms with Crippen LogP contribution in [0.3, 0.4) is 0 Å². The number of nitrogens with one attached hydrogen (secondary N) is 2. The van der Waals surface area contributed by atoms with Crippen molar-refractivity contribution in [1.29, 1.82) is 0 Å². The van der Waals surface area contributed by atoms with Crippen LogP contribution in [0.2, 0.25) is 0 Å². The highest BCUT2D eigenvalue weighted by atomic mass is 16.1. The van der Waals surface area contributed by atoms with Crippen molar-refractivity contribution >= 4 is 5.91 Å². The second kappa shape index (κ2) is 3.19. The van der Waals surface area contributed by atoms with Gasteiger partial charge in [-0.2, -0.15) is 0 Å². The molecule has 1 aliphatic rings. The third kappa shape index (κ3) is 1.52. The standard InChI is InChI=1S/C7H15N3O/c1-9-7(6(8)11)2-4-10-5-3-7/h9-10H,2-5H2,1H3,(H2,8,11). The molecular weight excluding hydrogens is 142 g/mol. The molecule has 4 N–H and O–H groups in total. The van der Waals surface area contributed by atoms with Crippen LogP contribution in [-0.2, 0) is 4.79 Å². The molecule has 0 saturated carbocycles. The van der Waals surface area contributed by atoms with Crippen molar-refractivity contribution in [2.75, 3.05) is 20.1 Å². The SMILES string of the molecule is CNC1(C(N)=O)CCNCC1. The van der Waals surface area contributed by atoms with E-state index in [1.165, 1.54) is 0 Å². The zero-order valence-electron chi connectivity index (χ0n) is 6.81. The zero-order chi connectivity index (χ0) is 8.32. The summed E-state index contributed by atoms with van der Waals surface area (Å²) in [5, 5.41) is 6.18. The summed E-state index contributed by atoms with van der Waals surface area (Å²) in [6.07, 6.45) is 1.58. The molecule has 0 radical (unpaired) electrons. The summed E-state index contributed by atoms with van der Waals surface area (Å²) in [5.74, 6) is -0.235. The monoisotopic (exact) mass is 157 g/mol. The summed E-state index contributed by atoms with van der Waals surface area (Å²) < 4.78 is 0. The molecule has 4 nitrogen and oxygen atoms in total. The third-order valence-electron chi connectivity index (χ3n) is 2.41. The molecular formula is C7H15N3O. The minimum atomic E-state index is -0.453. The molecule has 0 aromatic heterocycles. The highest BCUT2D eigenvalue weighted by Gasteiger charge is 2.35. The van der Waals surface area contributed by atoms with Crippen molar-refractivity contribution in [3.05, 3.63) is 0 Å². The molecule has 0 aromatic carbocycles. The van der Waals surface area contributed by atoms with E-state index in [0.29, 0.717) is 0 Å². The summed E-state index contributed by atoms with van der Waals surface area (Å²) in [4.78, 5) is 11.0. The summed E-state index contributed by atoms with van der Waals surface area (Å²) in [5.41, 5.74) is 4.83. The van der Waals surface area contributed by atoms with Gasteiger partial charge in [0, 0.05) is 0 Å². The van der Waals surface area contributed by atoms with Crippen LogP contribution in [0.25, 0.3) is 0 Å². The molecule has 0 bridgehead atoms. The average Bonchev–Trinajstić information content (AvgIpc) is 2.05. The number of hydrogen-bond donors (Lipinski definition) is 3. The van der Waals surface area contributed by atoms with Crippen molar-refractivity contribution in [3.8, 4) is 0 Å². The first kappa shape index (κ1) is 8.49. The Morgan fingerprint density at radius 3 is 2.36 bits per heavy atom. The average molecular weight is 157 g/mol. The summed E-state index contributed by atoms with van der Waals surface area (Å²) >= 11 is 0. The van der Waals surface area contributed by atoms with Gasteiger partial charge in [0.1, 0.15) is 0 Å². The van der Waals surface area contributed by atoms with Gasteiger partial charge in [-0.1, -0.05) is 0 Å². The molecule has 4 heteroatoms. The molecule has 1 aliphatic heterocycles. The molecule has 64 valence electrons. The van der Waals surface area contributed by atoms with E-state index in [-0.39, 0.29) is 5.91 Å². The first-order valence-electron chi connectivity index (χ1n) is 3.91. The molecule has 0 unspecified atom stereocenters. The van der Waals surface area contributed by atoms with Crippen molar-refractivity contribution in [3.63, 3.8) is 0 Å². The number of carbonyl (C=O) groups is 1. The molecule has 0 atom stereocenters. The molecule has 1 amide bonds. The molecule has 1 rings (SSSR count).